The molecule has 1 radical (unpaired) electrons. The zero-order valence-electron chi connectivity index (χ0n) is 5.34. The van der Waals surface area contributed by atoms with Gasteiger partial charge >= 0.3 is 66.1 Å². The summed E-state index contributed by atoms with van der Waals surface area (Å²) in [4.78, 5) is 13.9. The molecule has 57 valence electrons. The van der Waals surface area contributed by atoms with Crippen LogP contribution < -0.4 is 5.73 Å². The van der Waals surface area contributed by atoms with E-state index in [0.717, 1.165) is 0 Å². The number of hydrogen-bond donors (Lipinski definition) is 1. The molecule has 0 aromatic heterocycles. The predicted octanol–water partition coefficient (Wildman–Crippen LogP) is -0.254. The van der Waals surface area contributed by atoms with Crippen molar-refractivity contribution in [1.29, 1.82) is 0 Å². The standard InChI is InChI=1S/C5H8FN2OSe/c6-3-1-2-4(9)8-5(7)10/h1-3H2,(H2,7,8,9). The molecule has 0 bridgehead atoms. The van der Waals surface area contributed by atoms with Crippen molar-refractivity contribution in [3.8, 4) is 0 Å². The molecule has 1 amide bonds. The van der Waals surface area contributed by atoms with E-state index in [1.54, 1.807) is 0 Å². The second-order valence-electron chi connectivity index (χ2n) is 1.64. The number of amides is 1. The molecule has 0 unspecified atom stereocenters. The van der Waals surface area contributed by atoms with Crippen molar-refractivity contribution < 1.29 is 9.18 Å². The van der Waals surface area contributed by atoms with E-state index in [1.807, 2.05) is 0 Å². The summed E-state index contributed by atoms with van der Waals surface area (Å²) in [6.45, 7) is -0.491. The molecule has 0 saturated carbocycles. The number of nitrogens with two attached hydrogens (primary N) is 1. The monoisotopic (exact) mass is 211 g/mol. The molecule has 0 aromatic carbocycles. The molecule has 2 N–H and O–H groups in total. The Bertz CT molecular complexity index is 145. The number of rotatable bonds is 3. The Hall–Kier alpha value is -0.411. The van der Waals surface area contributed by atoms with E-state index in [1.165, 1.54) is 0 Å². The van der Waals surface area contributed by atoms with Crippen molar-refractivity contribution in [1.82, 2.24) is 0 Å². The van der Waals surface area contributed by atoms with Crippen LogP contribution in [0.2, 0.25) is 0 Å². The van der Waals surface area contributed by atoms with Crippen LogP contribution >= 0.6 is 0 Å². The normalized spacial score (nSPS) is 11.5. The van der Waals surface area contributed by atoms with Gasteiger partial charge in [-0.05, 0) is 0 Å². The first-order valence-electron chi connectivity index (χ1n) is 2.76. The van der Waals surface area contributed by atoms with Gasteiger partial charge in [-0.15, -0.1) is 0 Å². The molecule has 0 atom stereocenters. The maximum atomic E-state index is 11.5. The van der Waals surface area contributed by atoms with Crippen LogP contribution in [-0.4, -0.2) is 33.3 Å². The van der Waals surface area contributed by atoms with Gasteiger partial charge in [-0.25, -0.2) is 0 Å². The Morgan fingerprint density at radius 2 is 2.30 bits per heavy atom. The number of amidine groups is 1. The Morgan fingerprint density at radius 1 is 1.70 bits per heavy atom. The third-order valence-corrected chi connectivity index (χ3v) is 0.951. The van der Waals surface area contributed by atoms with E-state index in [9.17, 15) is 9.18 Å². The van der Waals surface area contributed by atoms with Crippen LogP contribution in [0.4, 0.5) is 4.39 Å². The van der Waals surface area contributed by atoms with Crippen LogP contribution in [0, 0.1) is 0 Å². The molecule has 0 aliphatic rings. The molecule has 5 heteroatoms. The van der Waals surface area contributed by atoms with Crippen LogP contribution in [-0.2, 0) is 4.79 Å². The molecule has 10 heavy (non-hydrogen) atoms. The molecule has 0 aromatic rings. The third-order valence-electron chi connectivity index (χ3n) is 0.759. The molecule has 0 aliphatic carbocycles. The fourth-order valence-corrected chi connectivity index (χ4v) is 0.610. The SMILES string of the molecule is NC([Se])=NC(=O)CCCF. The second kappa shape index (κ2) is 5.38. The van der Waals surface area contributed by atoms with Crippen molar-refractivity contribution >= 4 is 26.7 Å². The molecule has 0 fully saturated rings. The first-order chi connectivity index (χ1) is 4.66. The summed E-state index contributed by atoms with van der Waals surface area (Å²) >= 11 is 2.36. The first-order valence-corrected chi connectivity index (χ1v) is 3.62. The number of hydrogen-bond acceptors (Lipinski definition) is 1. The number of aliphatic imine (C=N–C) groups is 1. The van der Waals surface area contributed by atoms with Gasteiger partial charge in [0, 0.05) is 0 Å². The van der Waals surface area contributed by atoms with Crippen LogP contribution in [0.25, 0.3) is 0 Å². The van der Waals surface area contributed by atoms with Gasteiger partial charge in [-0.1, -0.05) is 0 Å². The Kier molecular flexibility index (Phi) is 5.16. The quantitative estimate of drug-likeness (QED) is 0.396. The van der Waals surface area contributed by atoms with E-state index in [0.29, 0.717) is 0 Å². The maximum absolute atomic E-state index is 11.5. The molecule has 0 spiro atoms. The summed E-state index contributed by atoms with van der Waals surface area (Å²) in [7, 11) is 0. The predicted molar refractivity (Wildman–Crippen MR) is 37.6 cm³/mol. The van der Waals surface area contributed by atoms with Gasteiger partial charge in [0.05, 0.1) is 0 Å². The molecular formula is C5H8FN2OSe. The molecule has 3 nitrogen and oxygen atoms in total. The van der Waals surface area contributed by atoms with E-state index in [-0.39, 0.29) is 23.5 Å². The summed E-state index contributed by atoms with van der Waals surface area (Å²) in [5.74, 6) is -0.381. The van der Waals surface area contributed by atoms with Gasteiger partial charge in [0.1, 0.15) is 0 Å². The van der Waals surface area contributed by atoms with Crippen LogP contribution in [0.1, 0.15) is 12.8 Å². The van der Waals surface area contributed by atoms with Crippen molar-refractivity contribution in [3.05, 3.63) is 0 Å². The molecule has 0 aliphatic heterocycles. The number of halogens is 1. The zero-order valence-corrected chi connectivity index (χ0v) is 7.05. The van der Waals surface area contributed by atoms with Gasteiger partial charge in [-0.3, -0.25) is 0 Å². The fourth-order valence-electron chi connectivity index (χ4n) is 0.397. The van der Waals surface area contributed by atoms with Gasteiger partial charge in [0.2, 0.25) is 0 Å². The van der Waals surface area contributed by atoms with E-state index in [2.05, 4.69) is 21.0 Å². The third kappa shape index (κ3) is 5.72. The number of carbonyl (C=O) groups excluding carboxylic acids is 1. The average molecular weight is 210 g/mol. The first kappa shape index (κ1) is 9.59. The van der Waals surface area contributed by atoms with E-state index in [4.69, 9.17) is 5.73 Å². The van der Waals surface area contributed by atoms with Gasteiger partial charge < -0.3 is 0 Å². The van der Waals surface area contributed by atoms with E-state index < -0.39 is 6.67 Å². The Morgan fingerprint density at radius 3 is 2.70 bits per heavy atom. The van der Waals surface area contributed by atoms with Crippen molar-refractivity contribution in [2.45, 2.75) is 12.8 Å². The van der Waals surface area contributed by atoms with Crippen LogP contribution in [0.3, 0.4) is 0 Å². The topological polar surface area (TPSA) is 55.4 Å². The van der Waals surface area contributed by atoms with Crippen molar-refractivity contribution in [2.24, 2.45) is 10.7 Å². The zero-order chi connectivity index (χ0) is 7.98. The Balaban J connectivity index is 3.54. The van der Waals surface area contributed by atoms with Crippen LogP contribution in [0.5, 0.6) is 0 Å². The molecule has 0 rings (SSSR count). The summed E-state index contributed by atoms with van der Waals surface area (Å²) < 4.78 is 11.6. The number of carbonyl (C=O) groups is 1. The fraction of sp³-hybridized carbons (Fsp3) is 0.600. The molecular weight excluding hydrogens is 202 g/mol. The minimum atomic E-state index is -0.491. The summed E-state index contributed by atoms with van der Waals surface area (Å²) in [5, 5.41) is 0. The minimum absolute atomic E-state index is 0.101. The number of nitrogens with zero attached hydrogens (tertiary/aromatic N) is 1. The van der Waals surface area contributed by atoms with Crippen molar-refractivity contribution in [3.63, 3.8) is 0 Å². The average Bonchev–Trinajstić information content (AvgIpc) is 1.82. The van der Waals surface area contributed by atoms with Crippen LogP contribution in [0.15, 0.2) is 4.99 Å². The molecule has 0 heterocycles. The second-order valence-corrected chi connectivity index (χ2v) is 2.51. The number of alkyl halides is 1. The Labute approximate surface area is 66.7 Å². The van der Waals surface area contributed by atoms with Gasteiger partial charge in [0.15, 0.2) is 0 Å². The summed E-state index contributed by atoms with van der Waals surface area (Å²) in [6.07, 6.45) is 0.342. The van der Waals surface area contributed by atoms with E-state index >= 15 is 0 Å². The summed E-state index contributed by atoms with van der Waals surface area (Å²) in [6, 6.07) is 0. The van der Waals surface area contributed by atoms with Gasteiger partial charge in [0.25, 0.3) is 0 Å². The summed E-state index contributed by atoms with van der Waals surface area (Å²) in [5.41, 5.74) is 5.04. The van der Waals surface area contributed by atoms with Gasteiger partial charge in [-0.2, -0.15) is 0 Å². The van der Waals surface area contributed by atoms with Crippen molar-refractivity contribution in [2.75, 3.05) is 6.67 Å². The molecule has 0 saturated heterocycles.